The van der Waals surface area contributed by atoms with Gasteiger partial charge in [0.05, 0.1) is 36.9 Å². The molecule has 0 fully saturated rings. The summed E-state index contributed by atoms with van der Waals surface area (Å²) in [7, 11) is 1.38. The molecule has 2 heterocycles. The molecule has 0 unspecified atom stereocenters. The molecule has 4 rings (SSSR count). The van der Waals surface area contributed by atoms with Gasteiger partial charge in [0, 0.05) is 4.88 Å². The molecule has 0 radical (unpaired) electrons. The number of aryl methyl sites for hydroxylation is 1. The summed E-state index contributed by atoms with van der Waals surface area (Å²) in [5.41, 5.74) is 5.02. The number of hydrogen-bond donors (Lipinski definition) is 0. The maximum Gasteiger partial charge on any atom is 0.350 e. The first kappa shape index (κ1) is 21.6. The predicted molar refractivity (Wildman–Crippen MR) is 125 cm³/mol. The number of carbonyl (C=O) groups excluding carboxylic acids is 1. The van der Waals surface area contributed by atoms with Crippen LogP contribution in [0.25, 0.3) is 22.2 Å². The third-order valence-electron chi connectivity index (χ3n) is 5.10. The Kier molecular flexibility index (Phi) is 5.97. The van der Waals surface area contributed by atoms with E-state index in [0.717, 1.165) is 32.6 Å². The van der Waals surface area contributed by atoms with E-state index in [1.54, 1.807) is 0 Å². The maximum atomic E-state index is 12.4. The van der Waals surface area contributed by atoms with Gasteiger partial charge in [-0.2, -0.15) is 10.2 Å². The van der Waals surface area contributed by atoms with Crippen LogP contribution in [0.2, 0.25) is 0 Å². The first-order valence-electron chi connectivity index (χ1n) is 10.3. The summed E-state index contributed by atoms with van der Waals surface area (Å²) in [5.74, 6) is -0.381. The molecule has 4 aromatic rings. The van der Waals surface area contributed by atoms with Crippen LogP contribution in [0.4, 0.5) is 0 Å². The zero-order valence-corrected chi connectivity index (χ0v) is 19.2. The highest BCUT2D eigenvalue weighted by Crippen LogP contribution is 2.35. The molecule has 2 aromatic carbocycles. The van der Waals surface area contributed by atoms with Crippen molar-refractivity contribution in [1.29, 1.82) is 5.26 Å². The van der Waals surface area contributed by atoms with Gasteiger partial charge in [0.25, 0.3) is 6.01 Å². The second-order valence-corrected chi connectivity index (χ2v) is 8.90. The standard InChI is InChI=1S/C25H23N3O3S/c1-15(2)31-25-27-21-16(3)32-23(24(29)30-4)22(21)28(25)14-17-9-11-18(12-10-17)20-8-6-5-7-19(20)13-26/h5-12,15H,14H2,1-4H3. The highest BCUT2D eigenvalue weighted by molar-refractivity contribution is 7.15. The van der Waals surface area contributed by atoms with Gasteiger partial charge < -0.3 is 9.47 Å². The van der Waals surface area contributed by atoms with E-state index in [4.69, 9.17) is 9.47 Å². The average molecular weight is 446 g/mol. The van der Waals surface area contributed by atoms with Crippen molar-refractivity contribution in [2.75, 3.05) is 7.11 Å². The van der Waals surface area contributed by atoms with Crippen LogP contribution in [0, 0.1) is 18.3 Å². The van der Waals surface area contributed by atoms with Gasteiger partial charge in [-0.3, -0.25) is 4.57 Å². The molecule has 0 aliphatic heterocycles. The van der Waals surface area contributed by atoms with Crippen LogP contribution in [-0.2, 0) is 11.3 Å². The molecular formula is C25H23N3O3S. The van der Waals surface area contributed by atoms with E-state index in [1.165, 1.54) is 18.4 Å². The molecule has 162 valence electrons. The Bertz CT molecular complexity index is 1330. The number of imidazole rings is 1. The van der Waals surface area contributed by atoms with Crippen molar-refractivity contribution < 1.29 is 14.3 Å². The third kappa shape index (κ3) is 3.97. The number of fused-ring (bicyclic) bond motifs is 1. The van der Waals surface area contributed by atoms with Crippen molar-refractivity contribution in [2.45, 2.75) is 33.4 Å². The molecule has 0 aliphatic rings. The topological polar surface area (TPSA) is 77.1 Å². The van der Waals surface area contributed by atoms with E-state index in [9.17, 15) is 10.1 Å². The zero-order chi connectivity index (χ0) is 22.8. The molecule has 0 saturated carbocycles. The second kappa shape index (κ2) is 8.85. The monoisotopic (exact) mass is 445 g/mol. The Balaban J connectivity index is 1.76. The first-order valence-corrected chi connectivity index (χ1v) is 11.1. The maximum absolute atomic E-state index is 12.4. The fourth-order valence-corrected chi connectivity index (χ4v) is 4.66. The number of carbonyl (C=O) groups is 1. The number of rotatable bonds is 6. The molecule has 0 atom stereocenters. The number of hydrogen-bond acceptors (Lipinski definition) is 6. The normalized spacial score (nSPS) is 11.0. The van der Waals surface area contributed by atoms with Crippen molar-refractivity contribution in [3.8, 4) is 23.2 Å². The van der Waals surface area contributed by atoms with E-state index >= 15 is 0 Å². The summed E-state index contributed by atoms with van der Waals surface area (Å²) >= 11 is 1.38. The first-order chi connectivity index (χ1) is 15.4. The van der Waals surface area contributed by atoms with Gasteiger partial charge >= 0.3 is 5.97 Å². The Hall–Kier alpha value is -3.63. The fraction of sp³-hybridized carbons (Fsp3) is 0.240. The lowest BCUT2D eigenvalue weighted by Gasteiger charge is -2.13. The SMILES string of the molecule is COC(=O)c1sc(C)c2nc(OC(C)C)n(Cc3ccc(-c4ccccc4C#N)cc3)c12. The number of nitrogens with zero attached hydrogens (tertiary/aromatic N) is 3. The van der Waals surface area contributed by atoms with Crippen LogP contribution in [0.5, 0.6) is 6.01 Å². The number of methoxy groups -OCH3 is 1. The Labute approximate surface area is 190 Å². The van der Waals surface area contributed by atoms with Crippen LogP contribution in [-0.4, -0.2) is 28.7 Å². The van der Waals surface area contributed by atoms with E-state index in [-0.39, 0.29) is 12.1 Å². The molecule has 0 bridgehead atoms. The van der Waals surface area contributed by atoms with Gasteiger partial charge in [0.2, 0.25) is 0 Å². The third-order valence-corrected chi connectivity index (χ3v) is 6.17. The summed E-state index contributed by atoms with van der Waals surface area (Å²) in [6.07, 6.45) is -0.0596. The highest BCUT2D eigenvalue weighted by Gasteiger charge is 2.25. The minimum absolute atomic E-state index is 0.0596. The quantitative estimate of drug-likeness (QED) is 0.363. The van der Waals surface area contributed by atoms with Crippen LogP contribution in [0.15, 0.2) is 48.5 Å². The van der Waals surface area contributed by atoms with E-state index in [2.05, 4.69) is 11.1 Å². The molecule has 0 N–H and O–H groups in total. The van der Waals surface area contributed by atoms with Gasteiger partial charge in [-0.15, -0.1) is 11.3 Å². The van der Waals surface area contributed by atoms with E-state index in [0.29, 0.717) is 23.0 Å². The minimum atomic E-state index is -0.381. The van der Waals surface area contributed by atoms with Crippen molar-refractivity contribution in [1.82, 2.24) is 9.55 Å². The highest BCUT2D eigenvalue weighted by atomic mass is 32.1. The van der Waals surface area contributed by atoms with Crippen LogP contribution in [0.1, 0.15) is 39.5 Å². The molecule has 0 saturated heterocycles. The summed E-state index contributed by atoms with van der Waals surface area (Å²) < 4.78 is 12.9. The molecule has 2 aromatic heterocycles. The summed E-state index contributed by atoms with van der Waals surface area (Å²) in [6, 6.07) is 18.3. The smallest absolute Gasteiger partial charge is 0.350 e. The molecular weight excluding hydrogens is 422 g/mol. The number of nitriles is 1. The number of thiophene rings is 1. The summed E-state index contributed by atoms with van der Waals surface area (Å²) in [5, 5.41) is 9.39. The molecule has 32 heavy (non-hydrogen) atoms. The van der Waals surface area contributed by atoms with Crippen molar-refractivity contribution >= 4 is 28.3 Å². The number of aromatic nitrogens is 2. The lowest BCUT2D eigenvalue weighted by molar-refractivity contribution is 0.0608. The lowest BCUT2D eigenvalue weighted by atomic mass is 9.99. The lowest BCUT2D eigenvalue weighted by Crippen LogP contribution is -2.12. The molecule has 0 spiro atoms. The Morgan fingerprint density at radius 1 is 1.19 bits per heavy atom. The van der Waals surface area contributed by atoms with Crippen LogP contribution in [0.3, 0.4) is 0 Å². The number of ether oxygens (including phenoxy) is 2. The number of benzene rings is 2. The van der Waals surface area contributed by atoms with Gasteiger partial charge in [-0.25, -0.2) is 4.79 Å². The second-order valence-electron chi connectivity index (χ2n) is 7.68. The molecule has 0 aliphatic carbocycles. The van der Waals surface area contributed by atoms with Crippen molar-refractivity contribution in [3.05, 3.63) is 69.4 Å². The molecule has 0 amide bonds. The average Bonchev–Trinajstić information content (AvgIpc) is 3.30. The van der Waals surface area contributed by atoms with Gasteiger partial charge in [-0.05, 0) is 43.5 Å². The fourth-order valence-electron chi connectivity index (χ4n) is 3.64. The van der Waals surface area contributed by atoms with Crippen LogP contribution < -0.4 is 4.74 Å². The molecule has 7 heteroatoms. The Morgan fingerprint density at radius 2 is 1.91 bits per heavy atom. The van der Waals surface area contributed by atoms with Crippen molar-refractivity contribution in [2.24, 2.45) is 0 Å². The number of esters is 1. The van der Waals surface area contributed by atoms with Gasteiger partial charge in [0.15, 0.2) is 0 Å². The Morgan fingerprint density at radius 3 is 2.56 bits per heavy atom. The van der Waals surface area contributed by atoms with E-state index < -0.39 is 0 Å². The van der Waals surface area contributed by atoms with Crippen molar-refractivity contribution in [3.63, 3.8) is 0 Å². The van der Waals surface area contributed by atoms with Gasteiger partial charge in [-0.1, -0.05) is 42.5 Å². The minimum Gasteiger partial charge on any atom is -0.465 e. The largest absolute Gasteiger partial charge is 0.465 e. The van der Waals surface area contributed by atoms with E-state index in [1.807, 2.05) is 73.9 Å². The van der Waals surface area contributed by atoms with Gasteiger partial charge in [0.1, 0.15) is 10.4 Å². The summed E-state index contributed by atoms with van der Waals surface area (Å²) in [4.78, 5) is 18.6. The molecule has 6 nitrogen and oxygen atoms in total. The zero-order valence-electron chi connectivity index (χ0n) is 18.4. The summed E-state index contributed by atoms with van der Waals surface area (Å²) in [6.45, 7) is 6.32. The van der Waals surface area contributed by atoms with Crippen LogP contribution >= 0.6 is 11.3 Å². The predicted octanol–water partition coefficient (Wildman–Crippen LogP) is 5.57.